The van der Waals surface area contributed by atoms with E-state index < -0.39 is 10.8 Å². The third-order valence-corrected chi connectivity index (χ3v) is 6.44. The van der Waals surface area contributed by atoms with E-state index in [-0.39, 0.29) is 34.6 Å². The van der Waals surface area contributed by atoms with E-state index in [0.717, 1.165) is 19.3 Å². The fraction of sp³-hybridized carbons (Fsp3) is 0.840. The summed E-state index contributed by atoms with van der Waals surface area (Å²) in [6.07, 6.45) is 8.14. The number of hydrogen-bond donors (Lipinski definition) is 0. The number of esters is 2. The molecule has 2 aliphatic rings. The maximum Gasteiger partial charge on any atom is 0.313 e. The Kier molecular flexibility index (Phi) is 6.96. The second-order valence-electron chi connectivity index (χ2n) is 11.5. The van der Waals surface area contributed by atoms with E-state index in [4.69, 9.17) is 9.47 Å². The molecule has 0 amide bonds. The molecule has 0 heterocycles. The van der Waals surface area contributed by atoms with Crippen molar-refractivity contribution in [3.63, 3.8) is 0 Å². The van der Waals surface area contributed by atoms with Crippen molar-refractivity contribution in [2.75, 3.05) is 13.2 Å². The van der Waals surface area contributed by atoms with Gasteiger partial charge >= 0.3 is 11.9 Å². The summed E-state index contributed by atoms with van der Waals surface area (Å²) in [5, 5.41) is 0. The molecule has 0 N–H and O–H groups in total. The van der Waals surface area contributed by atoms with E-state index in [1.807, 2.05) is 0 Å². The molecule has 0 aliphatic heterocycles. The van der Waals surface area contributed by atoms with Gasteiger partial charge in [-0.05, 0) is 41.9 Å². The highest BCUT2D eigenvalue weighted by Crippen LogP contribution is 2.68. The van der Waals surface area contributed by atoms with Crippen LogP contribution in [0.3, 0.4) is 0 Å². The van der Waals surface area contributed by atoms with Crippen molar-refractivity contribution < 1.29 is 19.1 Å². The standard InChI is InChI=1S/C25H42O4/c1-9-13-24(20(26)28-16-22(3,4)5)18-11-12-19(15-18)25(24,14-10-2)21(27)29-17-23(6,7)8/h11-12,18-19H,9-10,13-17H2,1-8H3/t18-,19-,24?,25?/m1/s1. The predicted molar refractivity (Wildman–Crippen MR) is 116 cm³/mol. The fourth-order valence-electron chi connectivity index (χ4n) is 5.39. The third kappa shape index (κ3) is 4.41. The molecule has 2 unspecified atom stereocenters. The highest BCUT2D eigenvalue weighted by atomic mass is 16.5. The first kappa shape index (κ1) is 24.0. The lowest BCUT2D eigenvalue weighted by atomic mass is 9.54. The van der Waals surface area contributed by atoms with Gasteiger partial charge in [-0.15, -0.1) is 0 Å². The normalized spacial score (nSPS) is 31.2. The average molecular weight is 407 g/mol. The number of carbonyl (C=O) groups is 2. The minimum Gasteiger partial charge on any atom is -0.465 e. The Labute approximate surface area is 177 Å². The highest BCUT2D eigenvalue weighted by Gasteiger charge is 2.73. The van der Waals surface area contributed by atoms with Crippen molar-refractivity contribution >= 4 is 11.9 Å². The zero-order valence-corrected chi connectivity index (χ0v) is 19.9. The molecule has 0 spiro atoms. The topological polar surface area (TPSA) is 52.6 Å². The molecule has 0 aromatic heterocycles. The quantitative estimate of drug-likeness (QED) is 0.369. The van der Waals surface area contributed by atoms with Crippen molar-refractivity contribution in [1.29, 1.82) is 0 Å². The van der Waals surface area contributed by atoms with Crippen LogP contribution < -0.4 is 0 Å². The Bertz CT molecular complexity index is 582. The molecule has 166 valence electrons. The number of rotatable bonds is 8. The molecule has 2 bridgehead atoms. The first-order chi connectivity index (χ1) is 13.3. The third-order valence-electron chi connectivity index (χ3n) is 6.44. The van der Waals surface area contributed by atoms with Crippen LogP contribution in [-0.4, -0.2) is 25.2 Å². The Morgan fingerprint density at radius 1 is 0.793 bits per heavy atom. The molecular formula is C25H42O4. The lowest BCUT2D eigenvalue weighted by Crippen LogP contribution is -2.56. The first-order valence-electron chi connectivity index (χ1n) is 11.4. The van der Waals surface area contributed by atoms with Gasteiger partial charge in [0.25, 0.3) is 0 Å². The Morgan fingerprint density at radius 3 is 1.41 bits per heavy atom. The van der Waals surface area contributed by atoms with Crippen molar-refractivity contribution in [2.24, 2.45) is 33.5 Å². The lowest BCUT2D eigenvalue weighted by Gasteiger charge is -2.48. The van der Waals surface area contributed by atoms with Gasteiger partial charge in [0.05, 0.1) is 24.0 Å². The van der Waals surface area contributed by atoms with Crippen LogP contribution in [0.15, 0.2) is 12.2 Å². The Morgan fingerprint density at radius 2 is 1.14 bits per heavy atom. The summed E-state index contributed by atoms with van der Waals surface area (Å²) in [5.41, 5.74) is -1.87. The first-order valence-corrected chi connectivity index (χ1v) is 11.4. The summed E-state index contributed by atoms with van der Waals surface area (Å²) < 4.78 is 11.8. The van der Waals surface area contributed by atoms with E-state index in [9.17, 15) is 9.59 Å². The molecule has 1 saturated carbocycles. The van der Waals surface area contributed by atoms with Gasteiger partial charge in [-0.3, -0.25) is 9.59 Å². The van der Waals surface area contributed by atoms with Gasteiger partial charge in [0, 0.05) is 0 Å². The monoisotopic (exact) mass is 406 g/mol. The second-order valence-corrected chi connectivity index (χ2v) is 11.5. The van der Waals surface area contributed by atoms with Gasteiger partial charge < -0.3 is 9.47 Å². The Balaban J connectivity index is 2.50. The van der Waals surface area contributed by atoms with Crippen LogP contribution in [0.2, 0.25) is 0 Å². The minimum absolute atomic E-state index is 0.0497. The maximum atomic E-state index is 13.7. The summed E-state index contributed by atoms with van der Waals surface area (Å²) in [6, 6.07) is 0. The van der Waals surface area contributed by atoms with Gasteiger partial charge in [0.2, 0.25) is 0 Å². The molecule has 0 aromatic carbocycles. The molecule has 4 atom stereocenters. The second kappa shape index (κ2) is 8.43. The van der Waals surface area contributed by atoms with Crippen molar-refractivity contribution in [3.8, 4) is 0 Å². The van der Waals surface area contributed by atoms with E-state index in [1.165, 1.54) is 0 Å². The molecule has 0 radical (unpaired) electrons. The van der Waals surface area contributed by atoms with Crippen LogP contribution in [-0.2, 0) is 19.1 Å². The van der Waals surface area contributed by atoms with Gasteiger partial charge in [-0.25, -0.2) is 0 Å². The summed E-state index contributed by atoms with van der Waals surface area (Å²) in [7, 11) is 0. The average Bonchev–Trinajstić information content (AvgIpc) is 3.18. The molecule has 2 aliphatic carbocycles. The number of allylic oxidation sites excluding steroid dienone is 2. The Hall–Kier alpha value is -1.32. The summed E-state index contributed by atoms with van der Waals surface area (Å²) >= 11 is 0. The van der Waals surface area contributed by atoms with E-state index in [0.29, 0.717) is 26.1 Å². The number of carbonyl (C=O) groups excluding carboxylic acids is 2. The van der Waals surface area contributed by atoms with Crippen LogP contribution in [0.25, 0.3) is 0 Å². The minimum atomic E-state index is -0.822. The summed E-state index contributed by atoms with van der Waals surface area (Å²) in [4.78, 5) is 27.5. The van der Waals surface area contributed by atoms with Gasteiger partial charge in [-0.2, -0.15) is 0 Å². The number of ether oxygens (including phenoxy) is 2. The predicted octanol–water partition coefficient (Wildman–Crippen LogP) is 5.94. The zero-order chi connectivity index (χ0) is 22.1. The lowest BCUT2D eigenvalue weighted by molar-refractivity contribution is -0.189. The van der Waals surface area contributed by atoms with Crippen LogP contribution >= 0.6 is 0 Å². The summed E-state index contributed by atoms with van der Waals surface area (Å²) in [6.45, 7) is 17.3. The molecule has 2 rings (SSSR count). The zero-order valence-electron chi connectivity index (χ0n) is 19.9. The van der Waals surface area contributed by atoms with Gasteiger partial charge in [0.1, 0.15) is 0 Å². The molecule has 4 nitrogen and oxygen atoms in total. The van der Waals surface area contributed by atoms with E-state index in [2.05, 4.69) is 67.5 Å². The number of hydrogen-bond acceptors (Lipinski definition) is 4. The van der Waals surface area contributed by atoms with E-state index in [1.54, 1.807) is 0 Å². The largest absolute Gasteiger partial charge is 0.465 e. The summed E-state index contributed by atoms with van der Waals surface area (Å²) in [5.74, 6) is -0.304. The van der Waals surface area contributed by atoms with E-state index >= 15 is 0 Å². The van der Waals surface area contributed by atoms with Gasteiger partial charge in [-0.1, -0.05) is 80.4 Å². The molecule has 0 aromatic rings. The fourth-order valence-corrected chi connectivity index (χ4v) is 5.39. The highest BCUT2D eigenvalue weighted by molar-refractivity contribution is 5.91. The molecule has 29 heavy (non-hydrogen) atoms. The maximum absolute atomic E-state index is 13.7. The smallest absolute Gasteiger partial charge is 0.313 e. The number of fused-ring (bicyclic) bond motifs is 2. The van der Waals surface area contributed by atoms with Crippen LogP contribution in [0, 0.1) is 33.5 Å². The SMILES string of the molecule is CCCC1(C(=O)OCC(C)(C)C)[C@@H]2C=C[C@H](C2)C1(CCC)C(=O)OCC(C)(C)C. The van der Waals surface area contributed by atoms with Crippen molar-refractivity contribution in [1.82, 2.24) is 0 Å². The van der Waals surface area contributed by atoms with Crippen molar-refractivity contribution in [2.45, 2.75) is 87.5 Å². The van der Waals surface area contributed by atoms with Crippen molar-refractivity contribution in [3.05, 3.63) is 12.2 Å². The molecule has 1 fully saturated rings. The molecule has 0 saturated heterocycles. The van der Waals surface area contributed by atoms with Crippen LogP contribution in [0.5, 0.6) is 0 Å². The van der Waals surface area contributed by atoms with Crippen LogP contribution in [0.4, 0.5) is 0 Å². The van der Waals surface area contributed by atoms with Gasteiger partial charge in [0.15, 0.2) is 0 Å². The molecule has 4 heteroatoms. The molecular weight excluding hydrogens is 364 g/mol. The van der Waals surface area contributed by atoms with Crippen LogP contribution in [0.1, 0.15) is 87.5 Å².